The molecule has 0 aliphatic carbocycles. The van der Waals surface area contributed by atoms with E-state index >= 15 is 0 Å². The molecule has 0 unspecified atom stereocenters. The van der Waals surface area contributed by atoms with Gasteiger partial charge in [-0.05, 0) is 44.4 Å². The molecule has 0 saturated heterocycles. The van der Waals surface area contributed by atoms with Crippen molar-refractivity contribution >= 4 is 0 Å². The van der Waals surface area contributed by atoms with Crippen molar-refractivity contribution in [3.63, 3.8) is 0 Å². The number of aliphatic hydroxyl groups excluding tert-OH is 1. The van der Waals surface area contributed by atoms with Crippen LogP contribution in [0, 0.1) is 13.8 Å². The highest BCUT2D eigenvalue weighted by molar-refractivity contribution is 5.30. The minimum Gasteiger partial charge on any atom is -0.392 e. The molecular formula is C17H29NO. The van der Waals surface area contributed by atoms with Gasteiger partial charge in [0, 0.05) is 13.1 Å². The highest BCUT2D eigenvalue weighted by atomic mass is 16.3. The first-order chi connectivity index (χ1) is 9.06. The highest BCUT2D eigenvalue weighted by Crippen LogP contribution is 2.14. The molecule has 0 bridgehead atoms. The van der Waals surface area contributed by atoms with Gasteiger partial charge in [-0.15, -0.1) is 0 Å². The Morgan fingerprint density at radius 1 is 1.16 bits per heavy atom. The van der Waals surface area contributed by atoms with Crippen molar-refractivity contribution in [2.24, 2.45) is 0 Å². The Morgan fingerprint density at radius 3 is 2.47 bits per heavy atom. The molecule has 0 heterocycles. The fraction of sp³-hybridized carbons (Fsp3) is 0.647. The van der Waals surface area contributed by atoms with Crippen molar-refractivity contribution in [3.8, 4) is 0 Å². The molecule has 0 aliphatic rings. The lowest BCUT2D eigenvalue weighted by Crippen LogP contribution is -2.32. The van der Waals surface area contributed by atoms with Crippen LogP contribution in [0.4, 0.5) is 0 Å². The van der Waals surface area contributed by atoms with Gasteiger partial charge in [0.15, 0.2) is 0 Å². The predicted octanol–water partition coefficient (Wildman–Crippen LogP) is 3.68. The van der Waals surface area contributed by atoms with Gasteiger partial charge < -0.3 is 5.11 Å². The fourth-order valence-corrected chi connectivity index (χ4v) is 2.54. The molecule has 0 radical (unpaired) electrons. The van der Waals surface area contributed by atoms with Crippen molar-refractivity contribution in [1.82, 2.24) is 4.90 Å². The Morgan fingerprint density at radius 2 is 1.89 bits per heavy atom. The molecule has 0 saturated carbocycles. The van der Waals surface area contributed by atoms with Gasteiger partial charge >= 0.3 is 0 Å². The Balaban J connectivity index is 2.66. The zero-order valence-corrected chi connectivity index (χ0v) is 12.9. The van der Waals surface area contributed by atoms with E-state index in [1.54, 1.807) is 0 Å². The van der Waals surface area contributed by atoms with Gasteiger partial charge in [0.25, 0.3) is 0 Å². The summed E-state index contributed by atoms with van der Waals surface area (Å²) in [6.07, 6.45) is 2.88. The first-order valence-electron chi connectivity index (χ1n) is 7.53. The first kappa shape index (κ1) is 16.2. The van der Waals surface area contributed by atoms with Gasteiger partial charge in [0.05, 0.1) is 6.10 Å². The van der Waals surface area contributed by atoms with Crippen molar-refractivity contribution < 1.29 is 5.11 Å². The van der Waals surface area contributed by atoms with E-state index in [-0.39, 0.29) is 6.10 Å². The largest absolute Gasteiger partial charge is 0.392 e. The molecule has 1 aromatic rings. The van der Waals surface area contributed by atoms with Crippen LogP contribution in [-0.2, 0) is 6.54 Å². The van der Waals surface area contributed by atoms with E-state index in [0.717, 1.165) is 38.9 Å². The van der Waals surface area contributed by atoms with E-state index < -0.39 is 0 Å². The van der Waals surface area contributed by atoms with Crippen LogP contribution in [0.1, 0.15) is 49.8 Å². The van der Waals surface area contributed by atoms with E-state index in [1.165, 1.54) is 16.7 Å². The molecule has 1 N–H and O–H groups in total. The summed E-state index contributed by atoms with van der Waals surface area (Å²) in [6, 6.07) is 6.64. The third-order valence-electron chi connectivity index (χ3n) is 3.52. The summed E-state index contributed by atoms with van der Waals surface area (Å²) in [5, 5.41) is 10.00. The van der Waals surface area contributed by atoms with Crippen LogP contribution in [0.2, 0.25) is 0 Å². The molecule has 1 atom stereocenters. The van der Waals surface area contributed by atoms with Crippen LogP contribution in [0.25, 0.3) is 0 Å². The molecule has 2 nitrogen and oxygen atoms in total. The maximum absolute atomic E-state index is 10.00. The molecule has 1 rings (SSSR count). The molecule has 19 heavy (non-hydrogen) atoms. The Kier molecular flexibility index (Phi) is 7.11. The van der Waals surface area contributed by atoms with Crippen molar-refractivity contribution in [3.05, 3.63) is 34.9 Å². The fourth-order valence-electron chi connectivity index (χ4n) is 2.54. The zero-order valence-electron chi connectivity index (χ0n) is 12.9. The third kappa shape index (κ3) is 5.75. The van der Waals surface area contributed by atoms with Gasteiger partial charge in [0.2, 0.25) is 0 Å². The molecular weight excluding hydrogens is 234 g/mol. The molecule has 0 spiro atoms. The van der Waals surface area contributed by atoms with Crippen molar-refractivity contribution in [2.75, 3.05) is 13.1 Å². The first-order valence-corrected chi connectivity index (χ1v) is 7.53. The van der Waals surface area contributed by atoms with E-state index in [4.69, 9.17) is 0 Å². The van der Waals surface area contributed by atoms with Crippen LogP contribution < -0.4 is 0 Å². The number of aryl methyl sites for hydroxylation is 2. The van der Waals surface area contributed by atoms with Gasteiger partial charge in [-0.25, -0.2) is 0 Å². The molecule has 108 valence electrons. The quantitative estimate of drug-likeness (QED) is 0.773. The lowest BCUT2D eigenvalue weighted by molar-refractivity contribution is 0.101. The lowest BCUT2D eigenvalue weighted by atomic mass is 10.0. The Labute approximate surface area is 118 Å². The summed E-state index contributed by atoms with van der Waals surface area (Å²) < 4.78 is 0. The summed E-state index contributed by atoms with van der Waals surface area (Å²) in [4.78, 5) is 2.37. The Bertz CT molecular complexity index is 376. The molecule has 0 fully saturated rings. The van der Waals surface area contributed by atoms with E-state index in [2.05, 4.69) is 50.8 Å². The van der Waals surface area contributed by atoms with Crippen molar-refractivity contribution in [1.29, 1.82) is 0 Å². The molecule has 0 aliphatic heterocycles. The summed E-state index contributed by atoms with van der Waals surface area (Å²) in [5.41, 5.74) is 4.04. The van der Waals surface area contributed by atoms with Gasteiger partial charge in [-0.1, -0.05) is 44.0 Å². The third-order valence-corrected chi connectivity index (χ3v) is 3.52. The van der Waals surface area contributed by atoms with Gasteiger partial charge in [0.1, 0.15) is 0 Å². The van der Waals surface area contributed by atoms with Gasteiger partial charge in [-0.3, -0.25) is 4.90 Å². The number of hydrogen-bond donors (Lipinski definition) is 1. The highest BCUT2D eigenvalue weighted by Gasteiger charge is 2.12. The second-order valence-electron chi connectivity index (χ2n) is 5.61. The standard InChI is InChI=1S/C17H29NO/c1-5-7-17(19)13-18(10-6-2)12-16-9-8-14(3)11-15(16)4/h8-9,11,17,19H,5-7,10,12-13H2,1-4H3/t17-/m0/s1. The van der Waals surface area contributed by atoms with Crippen LogP contribution in [-0.4, -0.2) is 29.2 Å². The molecule has 2 heteroatoms. The number of rotatable bonds is 8. The van der Waals surface area contributed by atoms with Crippen LogP contribution in [0.5, 0.6) is 0 Å². The summed E-state index contributed by atoms with van der Waals surface area (Å²) in [7, 11) is 0. The average molecular weight is 263 g/mol. The van der Waals surface area contributed by atoms with Crippen LogP contribution in [0.3, 0.4) is 0 Å². The smallest absolute Gasteiger partial charge is 0.0667 e. The maximum Gasteiger partial charge on any atom is 0.0667 e. The Hall–Kier alpha value is -0.860. The lowest BCUT2D eigenvalue weighted by Gasteiger charge is -2.25. The van der Waals surface area contributed by atoms with E-state index in [0.29, 0.717) is 0 Å². The second kappa shape index (κ2) is 8.34. The topological polar surface area (TPSA) is 23.5 Å². The zero-order chi connectivity index (χ0) is 14.3. The summed E-state index contributed by atoms with van der Waals surface area (Å²) in [6.45, 7) is 11.4. The number of aliphatic hydroxyl groups is 1. The minimum absolute atomic E-state index is 0.192. The van der Waals surface area contributed by atoms with Crippen LogP contribution in [0.15, 0.2) is 18.2 Å². The second-order valence-corrected chi connectivity index (χ2v) is 5.61. The molecule has 0 amide bonds. The SMILES string of the molecule is CCC[C@H](O)CN(CCC)Cc1ccc(C)cc1C. The molecule has 1 aromatic carbocycles. The molecule has 0 aromatic heterocycles. The summed E-state index contributed by atoms with van der Waals surface area (Å²) >= 11 is 0. The monoisotopic (exact) mass is 263 g/mol. The number of benzene rings is 1. The minimum atomic E-state index is -0.192. The van der Waals surface area contributed by atoms with Crippen LogP contribution >= 0.6 is 0 Å². The summed E-state index contributed by atoms with van der Waals surface area (Å²) in [5.74, 6) is 0. The van der Waals surface area contributed by atoms with Crippen molar-refractivity contribution in [2.45, 2.75) is 59.6 Å². The predicted molar refractivity (Wildman–Crippen MR) is 82.4 cm³/mol. The van der Waals surface area contributed by atoms with E-state index in [9.17, 15) is 5.11 Å². The number of nitrogens with zero attached hydrogens (tertiary/aromatic N) is 1. The average Bonchev–Trinajstić information content (AvgIpc) is 2.33. The van der Waals surface area contributed by atoms with Gasteiger partial charge in [-0.2, -0.15) is 0 Å². The normalized spacial score (nSPS) is 12.9. The number of hydrogen-bond acceptors (Lipinski definition) is 2. The maximum atomic E-state index is 10.00. The van der Waals surface area contributed by atoms with E-state index in [1.807, 2.05) is 0 Å².